The molecule has 0 saturated heterocycles. The molecule has 0 N–H and O–H groups in total. The molecule has 8 rings (SSSR count). The lowest BCUT2D eigenvalue weighted by molar-refractivity contribution is 0.769. The first kappa shape index (κ1) is 22.8. The van der Waals surface area contributed by atoms with Gasteiger partial charge in [0.05, 0.1) is 10.9 Å². The predicted octanol–water partition coefficient (Wildman–Crippen LogP) is 9.66. The molecule has 0 radical (unpaired) electrons. The van der Waals surface area contributed by atoms with Crippen LogP contribution < -0.4 is 0 Å². The summed E-state index contributed by atoms with van der Waals surface area (Å²) in [6, 6.07) is 57.4. The Bertz CT molecular complexity index is 1940. The molecule has 1 heteroatoms. The highest BCUT2D eigenvalue weighted by Gasteiger charge is 2.46. The first-order chi connectivity index (χ1) is 19.9. The van der Waals surface area contributed by atoms with Crippen LogP contribution in [0.1, 0.15) is 22.3 Å². The lowest BCUT2D eigenvalue weighted by atomic mass is 9.67. The Morgan fingerprint density at radius 3 is 1.80 bits per heavy atom. The summed E-state index contributed by atoms with van der Waals surface area (Å²) in [5, 5.41) is 1.28. The number of fused-ring (bicyclic) bond motifs is 5. The Morgan fingerprint density at radius 2 is 1.07 bits per heavy atom. The molecular formula is C39H27N. The van der Waals surface area contributed by atoms with Gasteiger partial charge in [-0.15, -0.1) is 0 Å². The molecule has 0 fully saturated rings. The highest BCUT2D eigenvalue weighted by molar-refractivity contribution is 6.03. The molecule has 0 aliphatic heterocycles. The summed E-state index contributed by atoms with van der Waals surface area (Å²) in [6.07, 6.45) is 2.22. The number of hydrogen-bond donors (Lipinski definition) is 0. The zero-order valence-electron chi connectivity index (χ0n) is 22.0. The van der Waals surface area contributed by atoms with Gasteiger partial charge >= 0.3 is 0 Å². The van der Waals surface area contributed by atoms with Crippen molar-refractivity contribution in [2.24, 2.45) is 0 Å². The van der Waals surface area contributed by atoms with Gasteiger partial charge in [0.2, 0.25) is 0 Å². The summed E-state index contributed by atoms with van der Waals surface area (Å²) in [5.74, 6) is 0. The van der Waals surface area contributed by atoms with Crippen molar-refractivity contribution in [3.63, 3.8) is 0 Å². The van der Waals surface area contributed by atoms with E-state index in [-0.39, 0.29) is 5.41 Å². The van der Waals surface area contributed by atoms with E-state index in [0.717, 1.165) is 0 Å². The first-order valence-corrected chi connectivity index (χ1v) is 13.9. The van der Waals surface area contributed by atoms with Crippen LogP contribution in [0.25, 0.3) is 38.8 Å². The van der Waals surface area contributed by atoms with Crippen LogP contribution in [-0.4, -0.2) is 4.57 Å². The van der Waals surface area contributed by atoms with Gasteiger partial charge in [0.15, 0.2) is 0 Å². The number of nitrogens with zero attached hydrogens (tertiary/aromatic N) is 1. The van der Waals surface area contributed by atoms with Crippen molar-refractivity contribution >= 4 is 10.9 Å². The fraction of sp³-hybridized carbons (Fsp3) is 0.0256. The monoisotopic (exact) mass is 509 g/mol. The SMILES string of the molecule is c1ccc(-c2cccc(-n3ccc4c5c(ccc43)C(c3ccccc3)(c3ccccc3)c3ccccc3-5)c2)cc1. The van der Waals surface area contributed by atoms with E-state index in [1.807, 2.05) is 0 Å². The zero-order chi connectivity index (χ0) is 26.5. The molecule has 0 atom stereocenters. The van der Waals surface area contributed by atoms with Crippen LogP contribution in [0.4, 0.5) is 0 Å². The van der Waals surface area contributed by atoms with Crippen LogP contribution in [0, 0.1) is 0 Å². The van der Waals surface area contributed by atoms with Crippen LogP contribution >= 0.6 is 0 Å². The summed E-state index contributed by atoms with van der Waals surface area (Å²) in [5.41, 5.74) is 12.4. The summed E-state index contributed by atoms with van der Waals surface area (Å²) in [7, 11) is 0. The predicted molar refractivity (Wildman–Crippen MR) is 166 cm³/mol. The average molecular weight is 510 g/mol. The molecule has 0 amide bonds. The minimum Gasteiger partial charge on any atom is -0.317 e. The quantitative estimate of drug-likeness (QED) is 0.223. The minimum atomic E-state index is -0.377. The second-order valence-corrected chi connectivity index (χ2v) is 10.6. The maximum absolute atomic E-state index is 2.37. The van der Waals surface area contributed by atoms with E-state index in [2.05, 4.69) is 168 Å². The third-order valence-electron chi connectivity index (χ3n) is 8.52. The van der Waals surface area contributed by atoms with Gasteiger partial charge in [-0.25, -0.2) is 0 Å². The van der Waals surface area contributed by atoms with E-state index in [9.17, 15) is 0 Å². The van der Waals surface area contributed by atoms with Crippen LogP contribution in [-0.2, 0) is 5.41 Å². The maximum Gasteiger partial charge on any atom is 0.0713 e. The number of aromatic nitrogens is 1. The lowest BCUT2D eigenvalue weighted by Gasteiger charge is -2.33. The van der Waals surface area contributed by atoms with Crippen LogP contribution in [0.2, 0.25) is 0 Å². The Balaban J connectivity index is 1.40. The number of hydrogen-bond acceptors (Lipinski definition) is 0. The van der Waals surface area contributed by atoms with Crippen molar-refractivity contribution in [3.8, 4) is 27.9 Å². The highest BCUT2D eigenvalue weighted by Crippen LogP contribution is 2.57. The van der Waals surface area contributed by atoms with Gasteiger partial charge < -0.3 is 4.57 Å². The Morgan fingerprint density at radius 1 is 0.450 bits per heavy atom. The first-order valence-electron chi connectivity index (χ1n) is 13.9. The van der Waals surface area contributed by atoms with E-state index >= 15 is 0 Å². The second kappa shape index (κ2) is 8.97. The standard InChI is InChI=1S/C39H27N/c1-4-13-28(14-5-1)29-15-12-20-32(27-29)40-26-25-34-37(40)24-23-36-38(34)33-21-10-11-22-35(33)39(36,30-16-6-2-7-17-30)31-18-8-3-9-19-31/h1-27H. The average Bonchev–Trinajstić information content (AvgIpc) is 3.60. The van der Waals surface area contributed by atoms with Gasteiger partial charge in [0.25, 0.3) is 0 Å². The van der Waals surface area contributed by atoms with Gasteiger partial charge in [0, 0.05) is 17.3 Å². The Kier molecular flexibility index (Phi) is 5.11. The van der Waals surface area contributed by atoms with Gasteiger partial charge in [-0.05, 0) is 68.8 Å². The summed E-state index contributed by atoms with van der Waals surface area (Å²) < 4.78 is 2.33. The summed E-state index contributed by atoms with van der Waals surface area (Å²) >= 11 is 0. The van der Waals surface area contributed by atoms with Crippen molar-refractivity contribution in [1.82, 2.24) is 4.57 Å². The van der Waals surface area contributed by atoms with E-state index in [1.165, 1.54) is 61.1 Å². The third-order valence-corrected chi connectivity index (χ3v) is 8.52. The molecule has 1 aromatic heterocycles. The molecule has 1 aliphatic rings. The van der Waals surface area contributed by atoms with E-state index in [1.54, 1.807) is 0 Å². The molecule has 188 valence electrons. The van der Waals surface area contributed by atoms with Gasteiger partial charge in [-0.2, -0.15) is 0 Å². The summed E-state index contributed by atoms with van der Waals surface area (Å²) in [4.78, 5) is 0. The molecule has 1 nitrogen and oxygen atoms in total. The van der Waals surface area contributed by atoms with Crippen molar-refractivity contribution in [1.29, 1.82) is 0 Å². The lowest BCUT2D eigenvalue weighted by Crippen LogP contribution is -2.28. The van der Waals surface area contributed by atoms with Crippen molar-refractivity contribution in [2.75, 3.05) is 0 Å². The van der Waals surface area contributed by atoms with Crippen LogP contribution in [0.15, 0.2) is 164 Å². The van der Waals surface area contributed by atoms with Crippen molar-refractivity contribution < 1.29 is 0 Å². The van der Waals surface area contributed by atoms with Gasteiger partial charge in [-0.1, -0.05) is 133 Å². The van der Waals surface area contributed by atoms with E-state index in [0.29, 0.717) is 0 Å². The molecule has 7 aromatic rings. The van der Waals surface area contributed by atoms with Gasteiger partial charge in [-0.3, -0.25) is 0 Å². The molecule has 1 heterocycles. The number of rotatable bonds is 4. The molecule has 1 aliphatic carbocycles. The normalized spacial score (nSPS) is 13.2. The largest absolute Gasteiger partial charge is 0.317 e. The Labute approximate surface area is 234 Å². The van der Waals surface area contributed by atoms with Crippen LogP contribution in [0.5, 0.6) is 0 Å². The third kappa shape index (κ3) is 3.21. The molecule has 0 spiro atoms. The highest BCUT2D eigenvalue weighted by atomic mass is 15.0. The molecule has 0 unspecified atom stereocenters. The smallest absolute Gasteiger partial charge is 0.0713 e. The van der Waals surface area contributed by atoms with E-state index < -0.39 is 0 Å². The van der Waals surface area contributed by atoms with Crippen LogP contribution in [0.3, 0.4) is 0 Å². The molecule has 6 aromatic carbocycles. The zero-order valence-corrected chi connectivity index (χ0v) is 22.0. The van der Waals surface area contributed by atoms with Gasteiger partial charge in [0.1, 0.15) is 0 Å². The fourth-order valence-corrected chi connectivity index (χ4v) is 6.85. The molecule has 40 heavy (non-hydrogen) atoms. The molecule has 0 bridgehead atoms. The number of benzene rings is 6. The Hall–Kier alpha value is -5.14. The topological polar surface area (TPSA) is 4.93 Å². The molecular weight excluding hydrogens is 482 g/mol. The minimum absolute atomic E-state index is 0.377. The molecule has 0 saturated carbocycles. The fourth-order valence-electron chi connectivity index (χ4n) is 6.85. The van der Waals surface area contributed by atoms with Crippen molar-refractivity contribution in [3.05, 3.63) is 186 Å². The van der Waals surface area contributed by atoms with E-state index in [4.69, 9.17) is 0 Å². The van der Waals surface area contributed by atoms with Crippen molar-refractivity contribution in [2.45, 2.75) is 5.41 Å². The summed E-state index contributed by atoms with van der Waals surface area (Å²) in [6.45, 7) is 0. The second-order valence-electron chi connectivity index (χ2n) is 10.6. The maximum atomic E-state index is 2.37.